The third-order valence-electron chi connectivity index (χ3n) is 3.58. The molecule has 1 aliphatic heterocycles. The van der Waals surface area contributed by atoms with E-state index in [2.05, 4.69) is 27.0 Å². The zero-order valence-corrected chi connectivity index (χ0v) is 11.6. The summed E-state index contributed by atoms with van der Waals surface area (Å²) in [7, 11) is 0. The SMILES string of the molecule is CCCCC(C=NC1(CC)COCOC1)CC. The number of ether oxygens (including phenoxy) is 2. The van der Waals surface area contributed by atoms with E-state index >= 15 is 0 Å². The maximum atomic E-state index is 5.39. The summed E-state index contributed by atoms with van der Waals surface area (Å²) in [6.07, 6.45) is 8.10. The Labute approximate surface area is 106 Å². The maximum absolute atomic E-state index is 5.39. The minimum atomic E-state index is -0.127. The van der Waals surface area contributed by atoms with Gasteiger partial charge in [0, 0.05) is 6.21 Å². The molecule has 1 saturated heterocycles. The van der Waals surface area contributed by atoms with Gasteiger partial charge in [-0.1, -0.05) is 33.6 Å². The summed E-state index contributed by atoms with van der Waals surface area (Å²) in [5.74, 6) is 0.611. The number of nitrogens with zero attached hydrogens (tertiary/aromatic N) is 1. The van der Waals surface area contributed by atoms with Gasteiger partial charge in [0.1, 0.15) is 12.3 Å². The van der Waals surface area contributed by atoms with Crippen LogP contribution in [0.5, 0.6) is 0 Å². The molecule has 0 radical (unpaired) electrons. The van der Waals surface area contributed by atoms with Crippen molar-refractivity contribution < 1.29 is 9.47 Å². The third-order valence-corrected chi connectivity index (χ3v) is 3.58. The van der Waals surface area contributed by atoms with Gasteiger partial charge in [-0.3, -0.25) is 4.99 Å². The minimum Gasteiger partial charge on any atom is -0.353 e. The zero-order chi connectivity index (χ0) is 12.6. The lowest BCUT2D eigenvalue weighted by atomic mass is 9.97. The fourth-order valence-corrected chi connectivity index (χ4v) is 2.05. The van der Waals surface area contributed by atoms with Gasteiger partial charge in [0.2, 0.25) is 0 Å². The van der Waals surface area contributed by atoms with Gasteiger partial charge in [0.05, 0.1) is 13.2 Å². The smallest absolute Gasteiger partial charge is 0.146 e. The van der Waals surface area contributed by atoms with Gasteiger partial charge < -0.3 is 9.47 Å². The minimum absolute atomic E-state index is 0.127. The van der Waals surface area contributed by atoms with Crippen LogP contribution in [0.1, 0.15) is 52.9 Å². The summed E-state index contributed by atoms with van der Waals surface area (Å²) in [5, 5.41) is 0. The first-order valence-corrected chi connectivity index (χ1v) is 6.97. The maximum Gasteiger partial charge on any atom is 0.146 e. The van der Waals surface area contributed by atoms with Crippen LogP contribution in [-0.2, 0) is 9.47 Å². The summed E-state index contributed by atoms with van der Waals surface area (Å²) in [4.78, 5) is 4.78. The molecule has 1 aliphatic rings. The van der Waals surface area contributed by atoms with Crippen LogP contribution in [0.3, 0.4) is 0 Å². The molecular formula is C14H27NO2. The molecule has 100 valence electrons. The molecule has 3 heteroatoms. The molecule has 0 bridgehead atoms. The van der Waals surface area contributed by atoms with Crippen molar-refractivity contribution in [2.24, 2.45) is 10.9 Å². The Kier molecular flexibility index (Phi) is 6.75. The Morgan fingerprint density at radius 1 is 1.24 bits per heavy atom. The second-order valence-corrected chi connectivity index (χ2v) is 4.98. The van der Waals surface area contributed by atoms with Crippen LogP contribution in [-0.4, -0.2) is 31.8 Å². The molecule has 1 rings (SSSR count). The van der Waals surface area contributed by atoms with Crippen LogP contribution in [0.25, 0.3) is 0 Å². The van der Waals surface area contributed by atoms with E-state index in [1.54, 1.807) is 0 Å². The molecule has 0 N–H and O–H groups in total. The van der Waals surface area contributed by atoms with Gasteiger partial charge in [0.15, 0.2) is 0 Å². The number of hydrogen-bond donors (Lipinski definition) is 0. The number of aliphatic imine (C=N–C) groups is 1. The predicted molar refractivity (Wildman–Crippen MR) is 71.6 cm³/mol. The Morgan fingerprint density at radius 2 is 1.94 bits per heavy atom. The van der Waals surface area contributed by atoms with Crippen molar-refractivity contribution in [3.05, 3.63) is 0 Å². The highest BCUT2D eigenvalue weighted by molar-refractivity contribution is 5.61. The van der Waals surface area contributed by atoms with Crippen molar-refractivity contribution in [3.63, 3.8) is 0 Å². The molecule has 0 aromatic rings. The lowest BCUT2D eigenvalue weighted by molar-refractivity contribution is -0.134. The molecule has 0 aromatic heterocycles. The molecule has 0 aromatic carbocycles. The monoisotopic (exact) mass is 241 g/mol. The van der Waals surface area contributed by atoms with E-state index in [4.69, 9.17) is 14.5 Å². The molecular weight excluding hydrogens is 214 g/mol. The second-order valence-electron chi connectivity index (χ2n) is 4.98. The molecule has 17 heavy (non-hydrogen) atoms. The lowest BCUT2D eigenvalue weighted by Crippen LogP contribution is -2.42. The lowest BCUT2D eigenvalue weighted by Gasteiger charge is -2.32. The largest absolute Gasteiger partial charge is 0.353 e. The van der Waals surface area contributed by atoms with Gasteiger partial charge >= 0.3 is 0 Å². The van der Waals surface area contributed by atoms with Crippen LogP contribution in [0.15, 0.2) is 4.99 Å². The van der Waals surface area contributed by atoms with E-state index in [0.717, 1.165) is 6.42 Å². The number of unbranched alkanes of at least 4 members (excludes halogenated alkanes) is 1. The van der Waals surface area contributed by atoms with Crippen LogP contribution >= 0.6 is 0 Å². The van der Waals surface area contributed by atoms with Crippen molar-refractivity contribution >= 4 is 6.21 Å². The summed E-state index contributed by atoms with van der Waals surface area (Å²) in [6, 6.07) is 0. The van der Waals surface area contributed by atoms with Crippen molar-refractivity contribution in [2.75, 3.05) is 20.0 Å². The third kappa shape index (κ3) is 4.76. The van der Waals surface area contributed by atoms with Crippen molar-refractivity contribution in [3.8, 4) is 0 Å². The first-order chi connectivity index (χ1) is 8.26. The molecule has 0 saturated carbocycles. The van der Waals surface area contributed by atoms with Crippen LogP contribution < -0.4 is 0 Å². The summed E-state index contributed by atoms with van der Waals surface area (Å²) in [5.41, 5.74) is -0.127. The molecule has 1 atom stereocenters. The van der Waals surface area contributed by atoms with Gasteiger partial charge in [-0.2, -0.15) is 0 Å². The molecule has 1 unspecified atom stereocenters. The van der Waals surface area contributed by atoms with Crippen molar-refractivity contribution in [1.29, 1.82) is 0 Å². The Hall–Kier alpha value is -0.410. The summed E-state index contributed by atoms with van der Waals surface area (Å²) in [6.45, 7) is 8.44. The molecule has 0 spiro atoms. The van der Waals surface area contributed by atoms with Gasteiger partial charge in [-0.05, 0) is 25.2 Å². The van der Waals surface area contributed by atoms with Gasteiger partial charge in [-0.25, -0.2) is 0 Å². The molecule has 1 heterocycles. The highest BCUT2D eigenvalue weighted by atomic mass is 16.7. The second kappa shape index (κ2) is 7.83. The standard InChI is InChI=1S/C14H27NO2/c1-4-7-8-13(5-2)9-15-14(6-3)10-16-12-17-11-14/h9,13H,4-8,10-12H2,1-3H3. The zero-order valence-electron chi connectivity index (χ0n) is 11.6. The van der Waals surface area contributed by atoms with Crippen molar-refractivity contribution in [1.82, 2.24) is 0 Å². The fraction of sp³-hybridized carbons (Fsp3) is 0.929. The van der Waals surface area contributed by atoms with E-state index in [-0.39, 0.29) is 5.54 Å². The first-order valence-electron chi connectivity index (χ1n) is 6.97. The molecule has 0 amide bonds. The number of hydrogen-bond acceptors (Lipinski definition) is 3. The van der Waals surface area contributed by atoms with Crippen LogP contribution in [0, 0.1) is 5.92 Å². The van der Waals surface area contributed by atoms with E-state index in [1.807, 2.05) is 0 Å². The number of rotatable bonds is 7. The first kappa shape index (κ1) is 14.7. The Bertz CT molecular complexity index is 222. The summed E-state index contributed by atoms with van der Waals surface area (Å²) < 4.78 is 10.8. The topological polar surface area (TPSA) is 30.8 Å². The fourth-order valence-electron chi connectivity index (χ4n) is 2.05. The Morgan fingerprint density at radius 3 is 2.47 bits per heavy atom. The summed E-state index contributed by atoms with van der Waals surface area (Å²) >= 11 is 0. The van der Waals surface area contributed by atoms with Crippen molar-refractivity contribution in [2.45, 2.75) is 58.4 Å². The highest BCUT2D eigenvalue weighted by Gasteiger charge is 2.30. The molecule has 1 fully saturated rings. The molecule has 3 nitrogen and oxygen atoms in total. The highest BCUT2D eigenvalue weighted by Crippen LogP contribution is 2.22. The van der Waals surface area contributed by atoms with Crippen LogP contribution in [0.2, 0.25) is 0 Å². The van der Waals surface area contributed by atoms with Crippen LogP contribution in [0.4, 0.5) is 0 Å². The van der Waals surface area contributed by atoms with Gasteiger partial charge in [0.25, 0.3) is 0 Å². The normalized spacial score (nSPS) is 21.8. The quantitative estimate of drug-likeness (QED) is 0.639. The predicted octanol–water partition coefficient (Wildman–Crippen LogP) is 3.43. The average molecular weight is 241 g/mol. The van der Waals surface area contributed by atoms with E-state index in [1.165, 1.54) is 25.7 Å². The van der Waals surface area contributed by atoms with E-state index < -0.39 is 0 Å². The Balaban J connectivity index is 2.51. The van der Waals surface area contributed by atoms with E-state index in [9.17, 15) is 0 Å². The van der Waals surface area contributed by atoms with E-state index in [0.29, 0.717) is 25.9 Å². The van der Waals surface area contributed by atoms with Gasteiger partial charge in [-0.15, -0.1) is 0 Å². The average Bonchev–Trinajstić information content (AvgIpc) is 2.40. The molecule has 0 aliphatic carbocycles.